The highest BCUT2D eigenvalue weighted by molar-refractivity contribution is 6.32. The molecule has 4 saturated carbocycles. The molecule has 0 saturated heterocycles. The molecule has 4 bridgehead atoms. The number of hydrogen-bond donors (Lipinski definition) is 1. The van der Waals surface area contributed by atoms with E-state index in [0.717, 1.165) is 29.0 Å². The number of benzene rings is 2. The Morgan fingerprint density at radius 2 is 1.71 bits per heavy atom. The Morgan fingerprint density at radius 1 is 1.04 bits per heavy atom. The molecular weight excluding hydrogens is 370 g/mol. The van der Waals surface area contributed by atoms with Crippen LogP contribution in [0.25, 0.3) is 0 Å². The number of aliphatic imine (C=N–C) groups is 1. The molecule has 0 amide bonds. The highest BCUT2D eigenvalue weighted by Crippen LogP contribution is 2.60. The molecular formula is C24H26ClNO2. The minimum absolute atomic E-state index is 0.275. The average molecular weight is 396 g/mol. The van der Waals surface area contributed by atoms with Gasteiger partial charge in [0.2, 0.25) is 0 Å². The highest BCUT2D eigenvalue weighted by atomic mass is 35.5. The Labute approximate surface area is 171 Å². The number of methoxy groups -OCH3 is 1. The van der Waals surface area contributed by atoms with Crippen LogP contribution in [0.2, 0.25) is 5.02 Å². The van der Waals surface area contributed by atoms with Crippen molar-refractivity contribution in [3.8, 4) is 11.5 Å². The van der Waals surface area contributed by atoms with E-state index in [1.807, 2.05) is 12.1 Å². The van der Waals surface area contributed by atoms with Crippen molar-refractivity contribution < 1.29 is 9.84 Å². The van der Waals surface area contributed by atoms with Gasteiger partial charge in [-0.15, -0.1) is 0 Å². The number of ether oxygens (including phenoxy) is 1. The van der Waals surface area contributed by atoms with Gasteiger partial charge >= 0.3 is 0 Å². The van der Waals surface area contributed by atoms with Crippen LogP contribution in [-0.2, 0) is 5.41 Å². The second kappa shape index (κ2) is 6.81. The molecule has 4 heteroatoms. The van der Waals surface area contributed by atoms with E-state index in [4.69, 9.17) is 16.3 Å². The van der Waals surface area contributed by atoms with Crippen LogP contribution in [0.3, 0.4) is 0 Å². The Bertz CT molecular complexity index is 901. The standard InChI is InChI=1S/C24H26ClNO2/c1-28-23-5-3-20(10-21(23)25)26-14-18-9-19(2-4-22(18)27)24-11-15-6-16(12-24)8-17(7-15)13-24/h2-5,9-10,14-17,27H,6-8,11-13H2,1H3. The summed E-state index contributed by atoms with van der Waals surface area (Å²) in [7, 11) is 1.60. The van der Waals surface area contributed by atoms with E-state index in [2.05, 4.69) is 17.1 Å². The minimum Gasteiger partial charge on any atom is -0.507 e. The van der Waals surface area contributed by atoms with Crippen LogP contribution in [0, 0.1) is 17.8 Å². The molecule has 3 nitrogen and oxygen atoms in total. The Balaban J connectivity index is 1.44. The number of halogens is 1. The van der Waals surface area contributed by atoms with Gasteiger partial charge in [0.15, 0.2) is 0 Å². The third-order valence-electron chi connectivity index (χ3n) is 7.17. The molecule has 146 valence electrons. The van der Waals surface area contributed by atoms with Gasteiger partial charge in [-0.25, -0.2) is 0 Å². The summed E-state index contributed by atoms with van der Waals surface area (Å²) in [4.78, 5) is 4.54. The van der Waals surface area contributed by atoms with Crippen molar-refractivity contribution in [3.63, 3.8) is 0 Å². The minimum atomic E-state index is 0.275. The predicted octanol–water partition coefficient (Wildman–Crippen LogP) is 6.27. The van der Waals surface area contributed by atoms with Gasteiger partial charge in [0.05, 0.1) is 17.8 Å². The first-order valence-electron chi connectivity index (χ1n) is 10.3. The number of phenolic OH excluding ortho intramolecular Hbond substituents is 1. The van der Waals surface area contributed by atoms with Gasteiger partial charge in [-0.1, -0.05) is 17.7 Å². The third-order valence-corrected chi connectivity index (χ3v) is 7.46. The van der Waals surface area contributed by atoms with Gasteiger partial charge < -0.3 is 9.84 Å². The number of rotatable bonds is 4. The van der Waals surface area contributed by atoms with Crippen LogP contribution in [0.4, 0.5) is 5.69 Å². The summed E-state index contributed by atoms with van der Waals surface area (Å²) in [6, 6.07) is 11.6. The molecule has 2 aromatic carbocycles. The van der Waals surface area contributed by atoms with Crippen molar-refractivity contribution in [3.05, 3.63) is 52.5 Å². The summed E-state index contributed by atoms with van der Waals surface area (Å²) in [6.07, 6.45) is 9.99. The van der Waals surface area contributed by atoms with Crippen LogP contribution in [-0.4, -0.2) is 18.4 Å². The van der Waals surface area contributed by atoms with Crippen LogP contribution >= 0.6 is 11.6 Å². The van der Waals surface area contributed by atoms with Crippen LogP contribution in [0.15, 0.2) is 41.4 Å². The van der Waals surface area contributed by atoms with Crippen LogP contribution in [0.1, 0.15) is 49.7 Å². The molecule has 4 fully saturated rings. The smallest absolute Gasteiger partial charge is 0.137 e. The average Bonchev–Trinajstić information content (AvgIpc) is 2.66. The molecule has 0 spiro atoms. The lowest BCUT2D eigenvalue weighted by Gasteiger charge is -2.57. The van der Waals surface area contributed by atoms with Crippen LogP contribution in [0.5, 0.6) is 11.5 Å². The lowest BCUT2D eigenvalue weighted by molar-refractivity contribution is -0.00520. The number of phenols is 1. The van der Waals surface area contributed by atoms with E-state index in [1.54, 1.807) is 25.5 Å². The molecule has 28 heavy (non-hydrogen) atoms. The van der Waals surface area contributed by atoms with Crippen molar-refractivity contribution in [2.45, 2.75) is 43.9 Å². The molecule has 0 unspecified atom stereocenters. The van der Waals surface area contributed by atoms with Gasteiger partial charge in [0.1, 0.15) is 11.5 Å². The fourth-order valence-electron chi connectivity index (χ4n) is 6.33. The van der Waals surface area contributed by atoms with Crippen molar-refractivity contribution in [1.82, 2.24) is 0 Å². The number of aromatic hydroxyl groups is 1. The second-order valence-electron chi connectivity index (χ2n) is 9.05. The van der Waals surface area contributed by atoms with Gasteiger partial charge in [-0.05, 0) is 97.6 Å². The third kappa shape index (κ3) is 3.10. The maximum Gasteiger partial charge on any atom is 0.137 e. The molecule has 4 aliphatic rings. The number of hydrogen-bond acceptors (Lipinski definition) is 3. The Hall–Kier alpha value is -2.00. The first-order valence-corrected chi connectivity index (χ1v) is 10.6. The summed E-state index contributed by atoms with van der Waals surface area (Å²) >= 11 is 6.20. The molecule has 6 rings (SSSR count). The molecule has 4 aliphatic carbocycles. The predicted molar refractivity (Wildman–Crippen MR) is 113 cm³/mol. The quantitative estimate of drug-likeness (QED) is 0.619. The zero-order valence-corrected chi connectivity index (χ0v) is 17.0. The second-order valence-corrected chi connectivity index (χ2v) is 9.46. The molecule has 0 aliphatic heterocycles. The zero-order chi connectivity index (χ0) is 19.3. The van der Waals surface area contributed by atoms with Crippen molar-refractivity contribution >= 4 is 23.5 Å². The molecule has 1 N–H and O–H groups in total. The topological polar surface area (TPSA) is 41.8 Å². The maximum atomic E-state index is 10.4. The largest absolute Gasteiger partial charge is 0.507 e. The molecule has 2 aromatic rings. The normalized spacial score (nSPS) is 30.9. The van der Waals surface area contributed by atoms with Crippen molar-refractivity contribution in [1.29, 1.82) is 0 Å². The first kappa shape index (κ1) is 18.1. The highest BCUT2D eigenvalue weighted by Gasteiger charge is 2.51. The summed E-state index contributed by atoms with van der Waals surface area (Å²) in [5.74, 6) is 3.61. The first-order chi connectivity index (χ1) is 13.5. The molecule has 0 atom stereocenters. The summed E-state index contributed by atoms with van der Waals surface area (Å²) in [6.45, 7) is 0. The maximum absolute atomic E-state index is 10.4. The monoisotopic (exact) mass is 395 g/mol. The van der Waals surface area contributed by atoms with E-state index in [-0.39, 0.29) is 5.75 Å². The van der Waals surface area contributed by atoms with Gasteiger partial charge in [-0.2, -0.15) is 0 Å². The van der Waals surface area contributed by atoms with Crippen molar-refractivity contribution in [2.24, 2.45) is 22.7 Å². The SMILES string of the molecule is COc1ccc(N=Cc2cc(C34CC5CC(CC(C5)C3)C4)ccc2O)cc1Cl. The van der Waals surface area contributed by atoms with Gasteiger partial charge in [0.25, 0.3) is 0 Å². The summed E-state index contributed by atoms with van der Waals surface area (Å²) < 4.78 is 5.19. The van der Waals surface area contributed by atoms with E-state index in [1.165, 1.54) is 44.1 Å². The van der Waals surface area contributed by atoms with E-state index < -0.39 is 0 Å². The van der Waals surface area contributed by atoms with Crippen LogP contribution < -0.4 is 4.74 Å². The fraction of sp³-hybridized carbons (Fsp3) is 0.458. The molecule has 0 aromatic heterocycles. The number of nitrogens with zero attached hydrogens (tertiary/aromatic N) is 1. The summed E-state index contributed by atoms with van der Waals surface area (Å²) in [5, 5.41) is 10.9. The van der Waals surface area contributed by atoms with Crippen molar-refractivity contribution in [2.75, 3.05) is 7.11 Å². The lowest BCUT2D eigenvalue weighted by Crippen LogP contribution is -2.48. The molecule has 0 radical (unpaired) electrons. The zero-order valence-electron chi connectivity index (χ0n) is 16.2. The fourth-order valence-corrected chi connectivity index (χ4v) is 6.58. The van der Waals surface area contributed by atoms with E-state index in [9.17, 15) is 5.11 Å². The lowest BCUT2D eigenvalue weighted by atomic mass is 9.48. The Kier molecular flexibility index (Phi) is 4.39. The van der Waals surface area contributed by atoms with E-state index >= 15 is 0 Å². The summed E-state index contributed by atoms with van der Waals surface area (Å²) in [5.41, 5.74) is 3.22. The Morgan fingerprint density at radius 3 is 2.32 bits per heavy atom. The van der Waals surface area contributed by atoms with Gasteiger partial charge in [-0.3, -0.25) is 4.99 Å². The molecule has 0 heterocycles. The van der Waals surface area contributed by atoms with Gasteiger partial charge in [0, 0.05) is 11.8 Å². The van der Waals surface area contributed by atoms with E-state index in [0.29, 0.717) is 16.2 Å².